The molecule has 0 N–H and O–H groups in total. The first kappa shape index (κ1) is 23.6. The van der Waals surface area contributed by atoms with E-state index in [4.69, 9.17) is 9.47 Å². The molecule has 0 atom stereocenters. The molecule has 2 aliphatic heterocycles. The second-order valence-corrected chi connectivity index (χ2v) is 10.6. The van der Waals surface area contributed by atoms with Gasteiger partial charge in [0, 0.05) is 26.2 Å². The smallest absolute Gasteiger partial charge is 0.410 e. The van der Waals surface area contributed by atoms with Gasteiger partial charge in [0.2, 0.25) is 10.0 Å². The van der Waals surface area contributed by atoms with Crippen molar-refractivity contribution in [3.8, 4) is 5.75 Å². The number of likely N-dealkylation sites (tertiary alicyclic amines) is 1. The molecule has 0 aromatic heterocycles. The molecule has 0 radical (unpaired) electrons. The maximum absolute atomic E-state index is 12.0. The Morgan fingerprint density at radius 3 is 2.55 bits per heavy atom. The SMILES string of the molecule is CC(C)OC(=O)N1CCC(CCOc2cccc(C3=CCN(S(C)(=O)=O)CC3)c2)CC1. The number of carbonyl (C=O) groups is 1. The molecular formula is C23H34N2O5S. The largest absolute Gasteiger partial charge is 0.494 e. The lowest BCUT2D eigenvalue weighted by atomic mass is 9.94. The summed E-state index contributed by atoms with van der Waals surface area (Å²) in [5.74, 6) is 1.39. The van der Waals surface area contributed by atoms with Crippen LogP contribution in [0, 0.1) is 5.92 Å². The fourth-order valence-electron chi connectivity index (χ4n) is 4.02. The molecule has 8 heteroatoms. The van der Waals surface area contributed by atoms with Gasteiger partial charge < -0.3 is 14.4 Å². The Hall–Kier alpha value is -2.06. The van der Waals surface area contributed by atoms with Crippen LogP contribution in [-0.2, 0) is 14.8 Å². The van der Waals surface area contributed by atoms with E-state index in [2.05, 4.69) is 0 Å². The second kappa shape index (κ2) is 10.5. The molecular weight excluding hydrogens is 416 g/mol. The average molecular weight is 451 g/mol. The van der Waals surface area contributed by atoms with Crippen molar-refractivity contribution in [1.29, 1.82) is 0 Å². The van der Waals surface area contributed by atoms with Crippen LogP contribution in [0.4, 0.5) is 4.79 Å². The molecule has 31 heavy (non-hydrogen) atoms. The lowest BCUT2D eigenvalue weighted by Crippen LogP contribution is -2.39. The predicted molar refractivity (Wildman–Crippen MR) is 121 cm³/mol. The van der Waals surface area contributed by atoms with Crippen LogP contribution in [0.3, 0.4) is 0 Å². The van der Waals surface area contributed by atoms with Gasteiger partial charge in [-0.3, -0.25) is 0 Å². The lowest BCUT2D eigenvalue weighted by molar-refractivity contribution is 0.0637. The molecule has 7 nitrogen and oxygen atoms in total. The molecule has 1 saturated heterocycles. The zero-order valence-corrected chi connectivity index (χ0v) is 19.6. The van der Waals surface area contributed by atoms with Crippen molar-refractivity contribution in [2.75, 3.05) is 39.0 Å². The predicted octanol–water partition coefficient (Wildman–Crippen LogP) is 3.76. The van der Waals surface area contributed by atoms with Crippen molar-refractivity contribution in [1.82, 2.24) is 9.21 Å². The molecule has 172 valence electrons. The minimum Gasteiger partial charge on any atom is -0.494 e. The van der Waals surface area contributed by atoms with Crippen LogP contribution in [-0.4, -0.2) is 68.9 Å². The highest BCUT2D eigenvalue weighted by atomic mass is 32.2. The van der Waals surface area contributed by atoms with E-state index in [1.807, 2.05) is 44.2 Å². The standard InChI is InChI=1S/C23H34N2O5S/c1-18(2)30-23(26)24-12-7-19(8-13-24)11-16-29-22-6-4-5-21(17-22)20-9-14-25(15-10-20)31(3,27)28/h4-6,9,17-19H,7-8,10-16H2,1-3H3. The van der Waals surface area contributed by atoms with Crippen molar-refractivity contribution in [3.05, 3.63) is 35.9 Å². The van der Waals surface area contributed by atoms with Crippen molar-refractivity contribution in [2.45, 2.75) is 45.6 Å². The first-order valence-electron chi connectivity index (χ1n) is 11.1. The highest BCUT2D eigenvalue weighted by molar-refractivity contribution is 7.88. The van der Waals surface area contributed by atoms with Crippen LogP contribution >= 0.6 is 0 Å². The summed E-state index contributed by atoms with van der Waals surface area (Å²) >= 11 is 0. The van der Waals surface area contributed by atoms with Crippen molar-refractivity contribution in [2.24, 2.45) is 5.92 Å². The van der Waals surface area contributed by atoms with Crippen molar-refractivity contribution >= 4 is 21.7 Å². The summed E-state index contributed by atoms with van der Waals surface area (Å²) in [4.78, 5) is 13.8. The molecule has 0 unspecified atom stereocenters. The summed E-state index contributed by atoms with van der Waals surface area (Å²) in [7, 11) is -3.14. The van der Waals surface area contributed by atoms with Crippen LogP contribution < -0.4 is 4.74 Å². The number of ether oxygens (including phenoxy) is 2. The Morgan fingerprint density at radius 1 is 1.19 bits per heavy atom. The quantitative estimate of drug-likeness (QED) is 0.632. The van der Waals surface area contributed by atoms with Gasteiger partial charge in [0.25, 0.3) is 0 Å². The number of piperidine rings is 1. The summed E-state index contributed by atoms with van der Waals surface area (Å²) in [5, 5.41) is 0. The van der Waals surface area contributed by atoms with E-state index in [9.17, 15) is 13.2 Å². The minimum absolute atomic E-state index is 0.0858. The van der Waals surface area contributed by atoms with Gasteiger partial charge in [0.1, 0.15) is 5.75 Å². The van der Waals surface area contributed by atoms with E-state index in [0.29, 0.717) is 32.0 Å². The fourth-order valence-corrected chi connectivity index (χ4v) is 4.79. The van der Waals surface area contributed by atoms with Crippen molar-refractivity contribution in [3.63, 3.8) is 0 Å². The van der Waals surface area contributed by atoms with Gasteiger partial charge in [0.05, 0.1) is 19.0 Å². The molecule has 1 amide bonds. The van der Waals surface area contributed by atoms with Crippen LogP contribution in [0.15, 0.2) is 30.3 Å². The second-order valence-electron chi connectivity index (χ2n) is 8.63. The molecule has 0 saturated carbocycles. The third-order valence-electron chi connectivity index (χ3n) is 5.85. The zero-order chi connectivity index (χ0) is 22.4. The maximum atomic E-state index is 12.0. The number of amides is 1. The van der Waals surface area contributed by atoms with Gasteiger partial charge >= 0.3 is 6.09 Å². The number of hydrogen-bond acceptors (Lipinski definition) is 5. The number of benzene rings is 1. The topological polar surface area (TPSA) is 76.2 Å². The summed E-state index contributed by atoms with van der Waals surface area (Å²) < 4.78 is 36.1. The highest BCUT2D eigenvalue weighted by Crippen LogP contribution is 2.27. The highest BCUT2D eigenvalue weighted by Gasteiger charge is 2.24. The zero-order valence-electron chi connectivity index (χ0n) is 18.7. The molecule has 3 rings (SSSR count). The summed E-state index contributed by atoms with van der Waals surface area (Å²) in [6, 6.07) is 8.01. The van der Waals surface area contributed by atoms with Crippen LogP contribution in [0.1, 0.15) is 45.1 Å². The van der Waals surface area contributed by atoms with Crippen LogP contribution in [0.5, 0.6) is 5.75 Å². The molecule has 1 aromatic rings. The Labute approximate surface area is 186 Å². The van der Waals surface area contributed by atoms with E-state index in [-0.39, 0.29) is 12.2 Å². The van der Waals surface area contributed by atoms with Crippen LogP contribution in [0.2, 0.25) is 0 Å². The van der Waals surface area contributed by atoms with Gasteiger partial charge in [-0.15, -0.1) is 0 Å². The minimum atomic E-state index is -3.14. The summed E-state index contributed by atoms with van der Waals surface area (Å²) in [5.41, 5.74) is 2.24. The van der Waals surface area contributed by atoms with E-state index >= 15 is 0 Å². The van der Waals surface area contributed by atoms with Crippen molar-refractivity contribution < 1.29 is 22.7 Å². The van der Waals surface area contributed by atoms with E-state index in [0.717, 1.165) is 49.2 Å². The van der Waals surface area contributed by atoms with Gasteiger partial charge in [-0.25, -0.2) is 13.2 Å². The van der Waals surface area contributed by atoms with Gasteiger partial charge in [-0.2, -0.15) is 4.31 Å². The monoisotopic (exact) mass is 450 g/mol. The van der Waals surface area contributed by atoms with Gasteiger partial charge in [0.15, 0.2) is 0 Å². The maximum Gasteiger partial charge on any atom is 0.410 e. The molecule has 2 heterocycles. The number of sulfonamides is 1. The number of nitrogens with zero attached hydrogens (tertiary/aromatic N) is 2. The van der Waals surface area contributed by atoms with E-state index < -0.39 is 10.0 Å². The molecule has 2 aliphatic rings. The Morgan fingerprint density at radius 2 is 1.94 bits per heavy atom. The number of hydrogen-bond donors (Lipinski definition) is 0. The van der Waals surface area contributed by atoms with Crippen LogP contribution in [0.25, 0.3) is 5.57 Å². The number of rotatable bonds is 7. The van der Waals surface area contributed by atoms with E-state index in [1.165, 1.54) is 10.6 Å². The molecule has 0 spiro atoms. The Balaban J connectivity index is 1.44. The molecule has 0 aliphatic carbocycles. The molecule has 1 aromatic carbocycles. The van der Waals surface area contributed by atoms with Gasteiger partial charge in [-0.05, 0) is 68.7 Å². The Kier molecular flexibility index (Phi) is 8.00. The first-order chi connectivity index (χ1) is 14.7. The fraction of sp³-hybridized carbons (Fsp3) is 0.609. The number of carbonyl (C=O) groups excluding carboxylic acids is 1. The normalized spacial score (nSPS) is 18.7. The lowest BCUT2D eigenvalue weighted by Gasteiger charge is -2.31. The van der Waals surface area contributed by atoms with E-state index in [1.54, 1.807) is 4.90 Å². The molecule has 1 fully saturated rings. The summed E-state index contributed by atoms with van der Waals surface area (Å²) in [6.45, 7) is 6.79. The molecule has 0 bridgehead atoms. The average Bonchev–Trinajstić information content (AvgIpc) is 2.73. The summed E-state index contributed by atoms with van der Waals surface area (Å²) in [6.07, 6.45) is 6.55. The third-order valence-corrected chi connectivity index (χ3v) is 7.12. The van der Waals surface area contributed by atoms with Gasteiger partial charge in [-0.1, -0.05) is 18.2 Å². The Bertz CT molecular complexity index is 889. The first-order valence-corrected chi connectivity index (χ1v) is 12.9. The third kappa shape index (κ3) is 6.97.